The van der Waals surface area contributed by atoms with E-state index in [1.165, 1.54) is 23.9 Å². The second-order valence-electron chi connectivity index (χ2n) is 8.38. The summed E-state index contributed by atoms with van der Waals surface area (Å²) in [5.41, 5.74) is 0.635. The number of aromatic nitrogens is 2. The Hall–Kier alpha value is -2.39. The molecule has 0 unspecified atom stereocenters. The lowest BCUT2D eigenvalue weighted by Gasteiger charge is -2.25. The molecule has 1 aromatic carbocycles. The number of rotatable bonds is 7. The van der Waals surface area contributed by atoms with Crippen LogP contribution in [0.1, 0.15) is 52.9 Å². The average molecular weight is 466 g/mol. The molecule has 4 rings (SSSR count). The molecule has 2 fully saturated rings. The molecule has 1 aromatic heterocycles. The first-order valence-corrected chi connectivity index (χ1v) is 12.4. The van der Waals surface area contributed by atoms with Gasteiger partial charge >= 0.3 is 0 Å². The van der Waals surface area contributed by atoms with Gasteiger partial charge in [0.1, 0.15) is 5.56 Å². The fraction of sp³-hybridized carbons (Fsp3) is 0.476. The van der Waals surface area contributed by atoms with E-state index in [2.05, 4.69) is 5.10 Å². The standard InChI is InChI=1S/C21H24ClN3O5S/c1-11-17(21(28)24(2)23-11)19(26)14-8-9-16(31(3,29)30)15(18(14)22)10-25(13-6-7-13)20(27)12-4-5-12/h8-9,12-13,28H,4-7,10H2,1-3H3. The van der Waals surface area contributed by atoms with Crippen molar-refractivity contribution in [1.29, 1.82) is 0 Å². The van der Waals surface area contributed by atoms with Crippen LogP contribution in [-0.4, -0.2) is 52.2 Å². The van der Waals surface area contributed by atoms with Gasteiger partial charge in [-0.25, -0.2) is 13.1 Å². The molecule has 2 aromatic rings. The Balaban J connectivity index is 1.81. The second kappa shape index (κ2) is 7.63. The SMILES string of the molecule is Cc1nn(C)c(O)c1C(=O)c1ccc(S(C)(=O)=O)c(CN(C(=O)C2CC2)C2CC2)c1Cl. The molecule has 0 atom stereocenters. The van der Waals surface area contributed by atoms with Crippen molar-refractivity contribution in [3.8, 4) is 5.88 Å². The molecule has 10 heteroatoms. The van der Waals surface area contributed by atoms with E-state index in [-0.39, 0.29) is 56.9 Å². The normalized spacial score (nSPS) is 16.4. The molecule has 0 spiro atoms. The Morgan fingerprint density at radius 3 is 2.39 bits per heavy atom. The van der Waals surface area contributed by atoms with Crippen LogP contribution < -0.4 is 0 Å². The number of ketones is 1. The van der Waals surface area contributed by atoms with Crippen LogP contribution in [0.4, 0.5) is 0 Å². The van der Waals surface area contributed by atoms with Gasteiger partial charge in [-0.1, -0.05) is 11.6 Å². The summed E-state index contributed by atoms with van der Waals surface area (Å²) in [6, 6.07) is 2.76. The minimum atomic E-state index is -3.66. The third-order valence-corrected chi connectivity index (χ3v) is 7.40. The van der Waals surface area contributed by atoms with E-state index in [9.17, 15) is 23.1 Å². The predicted molar refractivity (Wildman–Crippen MR) is 114 cm³/mol. The average Bonchev–Trinajstić information content (AvgIpc) is 3.58. The topological polar surface area (TPSA) is 110 Å². The molecule has 1 N–H and O–H groups in total. The van der Waals surface area contributed by atoms with E-state index in [1.54, 1.807) is 11.8 Å². The zero-order valence-corrected chi connectivity index (χ0v) is 19.1. The maximum absolute atomic E-state index is 13.2. The number of hydrogen-bond donors (Lipinski definition) is 1. The van der Waals surface area contributed by atoms with E-state index in [0.29, 0.717) is 5.69 Å². The van der Waals surface area contributed by atoms with Crippen LogP contribution in [-0.2, 0) is 28.2 Å². The number of carbonyl (C=O) groups is 2. The Kier molecular flexibility index (Phi) is 5.37. The van der Waals surface area contributed by atoms with Gasteiger partial charge in [-0.15, -0.1) is 0 Å². The van der Waals surface area contributed by atoms with Gasteiger partial charge in [-0.2, -0.15) is 5.10 Å². The zero-order chi connectivity index (χ0) is 22.7. The maximum atomic E-state index is 13.2. The van der Waals surface area contributed by atoms with E-state index in [4.69, 9.17) is 11.6 Å². The number of nitrogens with zero attached hydrogens (tertiary/aromatic N) is 3. The summed E-state index contributed by atoms with van der Waals surface area (Å²) in [6.07, 6.45) is 4.49. The number of halogens is 1. The molecule has 0 bridgehead atoms. The summed E-state index contributed by atoms with van der Waals surface area (Å²) < 4.78 is 26.1. The number of benzene rings is 1. The van der Waals surface area contributed by atoms with Crippen molar-refractivity contribution in [2.45, 2.75) is 50.1 Å². The smallest absolute Gasteiger partial charge is 0.226 e. The molecular formula is C21H24ClN3O5S. The molecule has 0 aliphatic heterocycles. The molecule has 8 nitrogen and oxygen atoms in total. The van der Waals surface area contributed by atoms with E-state index < -0.39 is 15.6 Å². The monoisotopic (exact) mass is 465 g/mol. The first-order valence-electron chi connectivity index (χ1n) is 10.1. The summed E-state index contributed by atoms with van der Waals surface area (Å²) in [4.78, 5) is 27.7. The highest BCUT2D eigenvalue weighted by Gasteiger charge is 2.41. The van der Waals surface area contributed by atoms with Crippen molar-refractivity contribution in [2.24, 2.45) is 13.0 Å². The Morgan fingerprint density at radius 1 is 1.26 bits per heavy atom. The van der Waals surface area contributed by atoms with Crippen LogP contribution in [0.2, 0.25) is 5.02 Å². The number of amides is 1. The molecule has 166 valence electrons. The minimum Gasteiger partial charge on any atom is -0.493 e. The molecule has 0 saturated heterocycles. The van der Waals surface area contributed by atoms with E-state index in [0.717, 1.165) is 31.9 Å². The molecule has 1 amide bonds. The van der Waals surface area contributed by atoms with Gasteiger partial charge in [0.05, 0.1) is 15.6 Å². The highest BCUT2D eigenvalue weighted by molar-refractivity contribution is 7.90. The summed E-state index contributed by atoms with van der Waals surface area (Å²) in [6.45, 7) is 1.62. The van der Waals surface area contributed by atoms with Gasteiger partial charge in [0.25, 0.3) is 0 Å². The Labute approximate surface area is 185 Å². The third-order valence-electron chi connectivity index (χ3n) is 5.79. The number of aromatic hydroxyl groups is 1. The van der Waals surface area contributed by atoms with Crippen molar-refractivity contribution in [1.82, 2.24) is 14.7 Å². The molecular weight excluding hydrogens is 442 g/mol. The third kappa shape index (κ3) is 4.08. The molecule has 2 aliphatic carbocycles. The molecule has 0 radical (unpaired) electrons. The summed E-state index contributed by atoms with van der Waals surface area (Å²) in [5, 5.41) is 14.3. The van der Waals surface area contributed by atoms with Crippen LogP contribution in [0.25, 0.3) is 0 Å². The van der Waals surface area contributed by atoms with Crippen molar-refractivity contribution in [3.05, 3.63) is 39.5 Å². The lowest BCUT2D eigenvalue weighted by Crippen LogP contribution is -2.34. The van der Waals surface area contributed by atoms with Crippen molar-refractivity contribution in [3.63, 3.8) is 0 Å². The minimum absolute atomic E-state index is 0.00423. The lowest BCUT2D eigenvalue weighted by molar-refractivity contribution is -0.133. The molecule has 2 saturated carbocycles. The first kappa shape index (κ1) is 21.8. The first-order chi connectivity index (χ1) is 14.5. The summed E-state index contributed by atoms with van der Waals surface area (Å²) in [5.74, 6) is -0.854. The number of carbonyl (C=O) groups excluding carboxylic acids is 2. The van der Waals surface area contributed by atoms with E-state index in [1.807, 2.05) is 0 Å². The number of sulfone groups is 1. The maximum Gasteiger partial charge on any atom is 0.226 e. The number of aryl methyl sites for hydroxylation is 2. The molecule has 31 heavy (non-hydrogen) atoms. The fourth-order valence-electron chi connectivity index (χ4n) is 3.83. The van der Waals surface area contributed by atoms with Crippen LogP contribution >= 0.6 is 11.6 Å². The van der Waals surface area contributed by atoms with Crippen molar-refractivity contribution >= 4 is 33.1 Å². The van der Waals surface area contributed by atoms with Gasteiger partial charge in [0, 0.05) is 42.9 Å². The number of hydrogen-bond acceptors (Lipinski definition) is 6. The van der Waals surface area contributed by atoms with Crippen molar-refractivity contribution < 1.29 is 23.1 Å². The van der Waals surface area contributed by atoms with Gasteiger partial charge in [0.2, 0.25) is 17.6 Å². The molecule has 2 aliphatic rings. The van der Waals surface area contributed by atoms with Crippen molar-refractivity contribution in [2.75, 3.05) is 6.26 Å². The van der Waals surface area contributed by atoms with Crippen LogP contribution in [0.3, 0.4) is 0 Å². The Morgan fingerprint density at radius 2 is 1.90 bits per heavy atom. The predicted octanol–water partition coefficient (Wildman–Crippen LogP) is 2.62. The highest BCUT2D eigenvalue weighted by Crippen LogP contribution is 2.39. The van der Waals surface area contributed by atoms with Gasteiger partial charge in [-0.3, -0.25) is 9.59 Å². The quantitative estimate of drug-likeness (QED) is 0.629. The largest absolute Gasteiger partial charge is 0.493 e. The van der Waals surface area contributed by atoms with Gasteiger partial charge in [-0.05, 0) is 44.7 Å². The van der Waals surface area contributed by atoms with Crippen LogP contribution in [0.15, 0.2) is 17.0 Å². The fourth-order valence-corrected chi connectivity index (χ4v) is 5.12. The van der Waals surface area contributed by atoms with Crippen LogP contribution in [0.5, 0.6) is 5.88 Å². The van der Waals surface area contributed by atoms with E-state index >= 15 is 0 Å². The second-order valence-corrected chi connectivity index (χ2v) is 10.7. The van der Waals surface area contributed by atoms with Gasteiger partial charge in [0.15, 0.2) is 9.84 Å². The Bertz CT molecular complexity index is 1200. The molecule has 1 heterocycles. The lowest BCUT2D eigenvalue weighted by atomic mass is 10.0. The zero-order valence-electron chi connectivity index (χ0n) is 17.6. The highest BCUT2D eigenvalue weighted by atomic mass is 35.5. The summed E-state index contributed by atoms with van der Waals surface area (Å²) in [7, 11) is -2.15. The van der Waals surface area contributed by atoms with Gasteiger partial charge < -0.3 is 10.0 Å². The van der Waals surface area contributed by atoms with Crippen LogP contribution in [0, 0.1) is 12.8 Å². The summed E-state index contributed by atoms with van der Waals surface area (Å²) >= 11 is 6.61.